The molecule has 0 fully saturated rings. The van der Waals surface area contributed by atoms with Crippen LogP contribution in [0.1, 0.15) is 28.9 Å². The lowest BCUT2D eigenvalue weighted by molar-refractivity contribution is -0.121. The number of hydrogen-bond donors (Lipinski definition) is 1. The second-order valence-corrected chi connectivity index (χ2v) is 5.04. The lowest BCUT2D eigenvalue weighted by Gasteiger charge is -2.06. The Kier molecular flexibility index (Phi) is 4.56. The summed E-state index contributed by atoms with van der Waals surface area (Å²) in [6.45, 7) is 4.54. The Morgan fingerprint density at radius 2 is 1.95 bits per heavy atom. The summed E-state index contributed by atoms with van der Waals surface area (Å²) in [6.07, 6.45) is 1.29. The molecule has 20 heavy (non-hydrogen) atoms. The first-order chi connectivity index (χ1) is 9.58. The van der Waals surface area contributed by atoms with Crippen LogP contribution in [-0.2, 0) is 24.8 Å². The van der Waals surface area contributed by atoms with Crippen molar-refractivity contribution in [1.29, 1.82) is 0 Å². The Balaban J connectivity index is 1.83. The quantitative estimate of drug-likeness (QED) is 0.907. The van der Waals surface area contributed by atoms with E-state index in [9.17, 15) is 4.79 Å². The van der Waals surface area contributed by atoms with Crippen molar-refractivity contribution in [3.8, 4) is 0 Å². The maximum Gasteiger partial charge on any atom is 0.220 e. The van der Waals surface area contributed by atoms with Gasteiger partial charge >= 0.3 is 0 Å². The molecule has 106 valence electrons. The van der Waals surface area contributed by atoms with Crippen LogP contribution in [-0.4, -0.2) is 15.7 Å². The fourth-order valence-corrected chi connectivity index (χ4v) is 2.25. The standard InChI is InChI=1S/C16H21N3O/c1-12-15(13(2)19(3)18-12)11-17-16(20)10-9-14-7-5-4-6-8-14/h4-8H,9-11H2,1-3H3,(H,17,20). The van der Waals surface area contributed by atoms with Crippen LogP contribution in [0.2, 0.25) is 0 Å². The molecule has 0 aliphatic carbocycles. The Morgan fingerprint density at radius 1 is 1.25 bits per heavy atom. The minimum atomic E-state index is 0.0801. The van der Waals surface area contributed by atoms with Crippen molar-refractivity contribution in [2.75, 3.05) is 0 Å². The van der Waals surface area contributed by atoms with Gasteiger partial charge in [-0.05, 0) is 25.8 Å². The third-order valence-electron chi connectivity index (χ3n) is 3.60. The third kappa shape index (κ3) is 3.47. The molecule has 0 aliphatic rings. The Bertz CT molecular complexity index is 587. The molecule has 0 atom stereocenters. The van der Waals surface area contributed by atoms with Crippen LogP contribution in [0.3, 0.4) is 0 Å². The lowest BCUT2D eigenvalue weighted by Crippen LogP contribution is -2.23. The Hall–Kier alpha value is -2.10. The van der Waals surface area contributed by atoms with Gasteiger partial charge in [-0.2, -0.15) is 5.10 Å². The summed E-state index contributed by atoms with van der Waals surface area (Å²) in [6, 6.07) is 10.1. The Labute approximate surface area is 119 Å². The molecule has 4 nitrogen and oxygen atoms in total. The summed E-state index contributed by atoms with van der Waals surface area (Å²) in [5.41, 5.74) is 4.39. The highest BCUT2D eigenvalue weighted by Gasteiger charge is 2.10. The number of hydrogen-bond acceptors (Lipinski definition) is 2. The highest BCUT2D eigenvalue weighted by atomic mass is 16.1. The van der Waals surface area contributed by atoms with Crippen LogP contribution >= 0.6 is 0 Å². The summed E-state index contributed by atoms with van der Waals surface area (Å²) in [4.78, 5) is 11.9. The van der Waals surface area contributed by atoms with Crippen molar-refractivity contribution in [2.24, 2.45) is 7.05 Å². The van der Waals surface area contributed by atoms with E-state index in [1.54, 1.807) is 0 Å². The zero-order chi connectivity index (χ0) is 14.5. The van der Waals surface area contributed by atoms with Gasteiger partial charge in [0, 0.05) is 31.3 Å². The smallest absolute Gasteiger partial charge is 0.220 e. The number of nitrogens with zero attached hydrogens (tertiary/aromatic N) is 2. The van der Waals surface area contributed by atoms with Gasteiger partial charge < -0.3 is 5.32 Å². The van der Waals surface area contributed by atoms with E-state index < -0.39 is 0 Å². The second-order valence-electron chi connectivity index (χ2n) is 5.04. The van der Waals surface area contributed by atoms with Crippen molar-refractivity contribution in [1.82, 2.24) is 15.1 Å². The molecule has 1 amide bonds. The number of benzene rings is 1. The van der Waals surface area contributed by atoms with Gasteiger partial charge in [-0.3, -0.25) is 9.48 Å². The van der Waals surface area contributed by atoms with Gasteiger partial charge in [0.1, 0.15) is 0 Å². The van der Waals surface area contributed by atoms with Gasteiger partial charge in [0.05, 0.1) is 5.69 Å². The minimum Gasteiger partial charge on any atom is -0.352 e. The molecule has 2 aromatic rings. The van der Waals surface area contributed by atoms with E-state index in [4.69, 9.17) is 0 Å². The van der Waals surface area contributed by atoms with Crippen LogP contribution in [0, 0.1) is 13.8 Å². The van der Waals surface area contributed by atoms with E-state index in [0.717, 1.165) is 23.4 Å². The van der Waals surface area contributed by atoms with Gasteiger partial charge in [-0.15, -0.1) is 0 Å². The van der Waals surface area contributed by atoms with E-state index in [0.29, 0.717) is 13.0 Å². The molecule has 4 heteroatoms. The first kappa shape index (κ1) is 14.3. The van der Waals surface area contributed by atoms with E-state index >= 15 is 0 Å². The molecule has 0 radical (unpaired) electrons. The summed E-state index contributed by atoms with van der Waals surface area (Å²) in [7, 11) is 1.92. The number of carbonyl (C=O) groups excluding carboxylic acids is 1. The van der Waals surface area contributed by atoms with Crippen LogP contribution < -0.4 is 5.32 Å². The zero-order valence-corrected chi connectivity index (χ0v) is 12.3. The molecule has 0 unspecified atom stereocenters. The predicted octanol–water partition coefficient (Wildman–Crippen LogP) is 2.29. The van der Waals surface area contributed by atoms with Gasteiger partial charge in [0.2, 0.25) is 5.91 Å². The molecular weight excluding hydrogens is 250 g/mol. The van der Waals surface area contributed by atoms with Crippen LogP contribution in [0.4, 0.5) is 0 Å². The molecular formula is C16H21N3O. The van der Waals surface area contributed by atoms with Crippen molar-refractivity contribution in [2.45, 2.75) is 33.2 Å². The van der Waals surface area contributed by atoms with Gasteiger partial charge in [-0.1, -0.05) is 30.3 Å². The molecule has 1 aromatic heterocycles. The van der Waals surface area contributed by atoms with E-state index in [2.05, 4.69) is 10.4 Å². The van der Waals surface area contributed by atoms with Crippen molar-refractivity contribution in [3.63, 3.8) is 0 Å². The van der Waals surface area contributed by atoms with E-state index in [-0.39, 0.29) is 5.91 Å². The van der Waals surface area contributed by atoms with Crippen LogP contribution in [0.15, 0.2) is 30.3 Å². The first-order valence-electron chi connectivity index (χ1n) is 6.87. The van der Waals surface area contributed by atoms with Gasteiger partial charge in [0.15, 0.2) is 0 Å². The summed E-state index contributed by atoms with van der Waals surface area (Å²) >= 11 is 0. The topological polar surface area (TPSA) is 46.9 Å². The average Bonchev–Trinajstić information content (AvgIpc) is 2.69. The minimum absolute atomic E-state index is 0.0801. The summed E-state index contributed by atoms with van der Waals surface area (Å²) in [5, 5.41) is 7.32. The second kappa shape index (κ2) is 6.37. The molecule has 0 saturated heterocycles. The number of amides is 1. The lowest BCUT2D eigenvalue weighted by atomic mass is 10.1. The monoisotopic (exact) mass is 271 g/mol. The highest BCUT2D eigenvalue weighted by Crippen LogP contribution is 2.11. The van der Waals surface area contributed by atoms with Gasteiger partial charge in [0.25, 0.3) is 0 Å². The van der Waals surface area contributed by atoms with Crippen molar-refractivity contribution < 1.29 is 4.79 Å². The molecule has 0 spiro atoms. The van der Waals surface area contributed by atoms with E-state index in [1.165, 1.54) is 5.56 Å². The maximum absolute atomic E-state index is 11.9. The molecule has 1 N–H and O–H groups in total. The average molecular weight is 271 g/mol. The summed E-state index contributed by atoms with van der Waals surface area (Å²) < 4.78 is 1.85. The number of aryl methyl sites for hydroxylation is 3. The van der Waals surface area contributed by atoms with Gasteiger partial charge in [-0.25, -0.2) is 0 Å². The van der Waals surface area contributed by atoms with Crippen molar-refractivity contribution in [3.05, 3.63) is 52.8 Å². The fraction of sp³-hybridized carbons (Fsp3) is 0.375. The molecule has 1 aromatic carbocycles. The largest absolute Gasteiger partial charge is 0.352 e. The van der Waals surface area contributed by atoms with Crippen molar-refractivity contribution >= 4 is 5.91 Å². The normalized spacial score (nSPS) is 10.6. The first-order valence-corrected chi connectivity index (χ1v) is 6.87. The highest BCUT2D eigenvalue weighted by molar-refractivity contribution is 5.76. The Morgan fingerprint density at radius 3 is 2.55 bits per heavy atom. The predicted molar refractivity (Wildman–Crippen MR) is 79.3 cm³/mol. The molecule has 1 heterocycles. The molecule has 0 bridgehead atoms. The third-order valence-corrected chi connectivity index (χ3v) is 3.60. The van der Waals surface area contributed by atoms with Crippen LogP contribution in [0.5, 0.6) is 0 Å². The fourth-order valence-electron chi connectivity index (χ4n) is 2.25. The maximum atomic E-state index is 11.9. The zero-order valence-electron chi connectivity index (χ0n) is 12.3. The number of carbonyl (C=O) groups is 1. The molecule has 2 rings (SSSR count). The van der Waals surface area contributed by atoms with E-state index in [1.807, 2.05) is 55.9 Å². The molecule has 0 saturated carbocycles. The molecule has 0 aliphatic heterocycles. The van der Waals surface area contributed by atoms with Crippen LogP contribution in [0.25, 0.3) is 0 Å². The number of aromatic nitrogens is 2. The number of nitrogens with one attached hydrogen (secondary N) is 1. The SMILES string of the molecule is Cc1nn(C)c(C)c1CNC(=O)CCc1ccccc1. The number of rotatable bonds is 5. The summed E-state index contributed by atoms with van der Waals surface area (Å²) in [5.74, 6) is 0.0801.